The number of carbonyl (C=O) groups excluding carboxylic acids is 1. The Balaban J connectivity index is 3.64. The van der Waals surface area contributed by atoms with E-state index in [4.69, 9.17) is 0 Å². The lowest BCUT2D eigenvalue weighted by Gasteiger charge is -1.98. The van der Waals surface area contributed by atoms with Crippen molar-refractivity contribution in [2.45, 2.75) is 0 Å². The number of methoxy groups -OCH3 is 1. The summed E-state index contributed by atoms with van der Waals surface area (Å²) in [5.41, 5.74) is 0.271. The van der Waals surface area contributed by atoms with Crippen LogP contribution in [0.4, 0.5) is 0 Å². The summed E-state index contributed by atoms with van der Waals surface area (Å²) in [7, 11) is 2.92. The summed E-state index contributed by atoms with van der Waals surface area (Å²) < 4.78 is 4.30. The van der Waals surface area contributed by atoms with E-state index in [1.54, 1.807) is 7.05 Å². The highest BCUT2D eigenvalue weighted by Gasteiger charge is 2.00. The Bertz CT molecular complexity index is 95.0. The van der Waals surface area contributed by atoms with E-state index in [9.17, 15) is 4.79 Å². The molecule has 1 N–H and O–H groups in total. The van der Waals surface area contributed by atoms with Gasteiger partial charge in [-0.05, 0) is 0 Å². The molecular formula is C5H9NO2. The van der Waals surface area contributed by atoms with Crippen molar-refractivity contribution < 1.29 is 9.53 Å². The molecule has 0 heterocycles. The first kappa shape index (κ1) is 7.01. The largest absolute Gasteiger partial charge is 0.464 e. The predicted molar refractivity (Wildman–Crippen MR) is 30.2 cm³/mol. The predicted octanol–water partition coefficient (Wildman–Crippen LogP) is -0.108. The van der Waals surface area contributed by atoms with Crippen LogP contribution in [-0.2, 0) is 9.53 Å². The van der Waals surface area contributed by atoms with Gasteiger partial charge in [-0.2, -0.15) is 0 Å². The summed E-state index contributed by atoms with van der Waals surface area (Å²) in [4.78, 5) is 10.4. The summed E-state index contributed by atoms with van der Waals surface area (Å²) >= 11 is 0. The van der Waals surface area contributed by atoms with E-state index in [0.29, 0.717) is 0 Å². The second-order valence-electron chi connectivity index (χ2n) is 1.22. The number of nitrogens with one attached hydrogen (secondary N) is 1. The monoisotopic (exact) mass is 115 g/mol. The van der Waals surface area contributed by atoms with Crippen molar-refractivity contribution in [1.29, 1.82) is 0 Å². The zero-order valence-electron chi connectivity index (χ0n) is 5.02. The van der Waals surface area contributed by atoms with Crippen LogP contribution in [0.5, 0.6) is 0 Å². The van der Waals surface area contributed by atoms with Gasteiger partial charge < -0.3 is 10.1 Å². The molecule has 0 saturated heterocycles. The van der Waals surface area contributed by atoms with Crippen LogP contribution < -0.4 is 5.32 Å². The van der Waals surface area contributed by atoms with Crippen molar-refractivity contribution in [3.8, 4) is 0 Å². The number of carbonyl (C=O) groups is 1. The third-order valence-corrected chi connectivity index (χ3v) is 0.734. The maximum Gasteiger partial charge on any atom is 0.353 e. The first-order chi connectivity index (χ1) is 3.72. The Hall–Kier alpha value is -0.990. The third kappa shape index (κ3) is 1.64. The van der Waals surface area contributed by atoms with Gasteiger partial charge in [0.25, 0.3) is 0 Å². The molecule has 3 nitrogen and oxygen atoms in total. The maximum atomic E-state index is 10.4. The summed E-state index contributed by atoms with van der Waals surface area (Å²) in [5, 5.41) is 2.55. The summed E-state index contributed by atoms with van der Waals surface area (Å²) in [6, 6.07) is 0. The van der Waals surface area contributed by atoms with Gasteiger partial charge in [0, 0.05) is 7.05 Å². The topological polar surface area (TPSA) is 38.3 Å². The van der Waals surface area contributed by atoms with E-state index in [0.717, 1.165) is 0 Å². The van der Waals surface area contributed by atoms with Crippen molar-refractivity contribution in [3.63, 3.8) is 0 Å². The van der Waals surface area contributed by atoms with Crippen molar-refractivity contribution in [3.05, 3.63) is 12.3 Å². The summed E-state index contributed by atoms with van der Waals surface area (Å²) in [6.07, 6.45) is 0. The number of likely N-dealkylation sites (N-methyl/N-ethyl adjacent to an activating group) is 1. The lowest BCUT2D eigenvalue weighted by Crippen LogP contribution is -2.15. The fourth-order valence-electron chi connectivity index (χ4n) is 0.225. The molecule has 46 valence electrons. The molecule has 0 aliphatic heterocycles. The SMILES string of the molecule is C=C(NC)C(=O)OC. The molecule has 0 radical (unpaired) electrons. The van der Waals surface area contributed by atoms with Crippen molar-refractivity contribution in [1.82, 2.24) is 5.32 Å². The molecule has 0 fully saturated rings. The lowest BCUT2D eigenvalue weighted by molar-refractivity contribution is -0.136. The van der Waals surface area contributed by atoms with Gasteiger partial charge in [0.2, 0.25) is 0 Å². The number of hydrogen-bond donors (Lipinski definition) is 1. The molecule has 0 saturated carbocycles. The molecule has 0 rings (SSSR count). The van der Waals surface area contributed by atoms with E-state index >= 15 is 0 Å². The van der Waals surface area contributed by atoms with E-state index in [1.165, 1.54) is 7.11 Å². The van der Waals surface area contributed by atoms with Gasteiger partial charge >= 0.3 is 5.97 Å². The van der Waals surface area contributed by atoms with E-state index in [-0.39, 0.29) is 5.70 Å². The maximum absolute atomic E-state index is 10.4. The van der Waals surface area contributed by atoms with Gasteiger partial charge in [-0.25, -0.2) is 4.79 Å². The van der Waals surface area contributed by atoms with Crippen molar-refractivity contribution >= 4 is 5.97 Å². The van der Waals surface area contributed by atoms with Crippen LogP contribution in [0.15, 0.2) is 12.3 Å². The van der Waals surface area contributed by atoms with Gasteiger partial charge in [-0.15, -0.1) is 0 Å². The fraction of sp³-hybridized carbons (Fsp3) is 0.400. The van der Waals surface area contributed by atoms with Crippen LogP contribution >= 0.6 is 0 Å². The fourth-order valence-corrected chi connectivity index (χ4v) is 0.225. The molecule has 0 spiro atoms. The highest BCUT2D eigenvalue weighted by Crippen LogP contribution is 1.83. The van der Waals surface area contributed by atoms with Crippen LogP contribution in [0.25, 0.3) is 0 Å². The van der Waals surface area contributed by atoms with Crippen molar-refractivity contribution in [2.75, 3.05) is 14.2 Å². The van der Waals surface area contributed by atoms with Gasteiger partial charge in [0.05, 0.1) is 7.11 Å². The minimum absolute atomic E-state index is 0.271. The minimum atomic E-state index is -0.424. The molecule has 0 aliphatic rings. The van der Waals surface area contributed by atoms with Gasteiger partial charge in [-0.1, -0.05) is 6.58 Å². The molecule has 0 bridgehead atoms. The van der Waals surface area contributed by atoms with Crippen molar-refractivity contribution in [2.24, 2.45) is 0 Å². The molecule has 8 heavy (non-hydrogen) atoms. The zero-order chi connectivity index (χ0) is 6.57. The second-order valence-corrected chi connectivity index (χ2v) is 1.22. The van der Waals surface area contributed by atoms with Gasteiger partial charge in [-0.3, -0.25) is 0 Å². The molecular weight excluding hydrogens is 106 g/mol. The molecule has 0 unspecified atom stereocenters. The van der Waals surface area contributed by atoms with E-state index < -0.39 is 5.97 Å². The molecule has 0 aromatic carbocycles. The third-order valence-electron chi connectivity index (χ3n) is 0.734. The van der Waals surface area contributed by atoms with Crippen LogP contribution in [0.3, 0.4) is 0 Å². The average molecular weight is 115 g/mol. The normalized spacial score (nSPS) is 7.75. The smallest absolute Gasteiger partial charge is 0.353 e. The number of ether oxygens (including phenoxy) is 1. The van der Waals surface area contributed by atoms with Crippen LogP contribution in [-0.4, -0.2) is 20.1 Å². The molecule has 0 atom stereocenters. The van der Waals surface area contributed by atoms with Gasteiger partial charge in [0.15, 0.2) is 0 Å². The quantitative estimate of drug-likeness (QED) is 0.403. The molecule has 0 amide bonds. The highest BCUT2D eigenvalue weighted by molar-refractivity contribution is 5.86. The van der Waals surface area contributed by atoms with Gasteiger partial charge in [0.1, 0.15) is 5.70 Å². The van der Waals surface area contributed by atoms with Crippen LogP contribution in [0.2, 0.25) is 0 Å². The number of esters is 1. The summed E-state index contributed by atoms with van der Waals surface area (Å²) in [6.45, 7) is 3.36. The lowest BCUT2D eigenvalue weighted by atomic mass is 10.5. The number of rotatable bonds is 2. The standard InChI is InChI=1S/C5H9NO2/c1-4(6-2)5(7)8-3/h6H,1H2,2-3H3. The molecule has 0 aromatic rings. The highest BCUT2D eigenvalue weighted by atomic mass is 16.5. The molecule has 0 aliphatic carbocycles. The van der Waals surface area contributed by atoms with E-state index in [1.807, 2.05) is 0 Å². The Morgan fingerprint density at radius 2 is 2.25 bits per heavy atom. The second kappa shape index (κ2) is 3.07. The zero-order valence-corrected chi connectivity index (χ0v) is 5.02. The van der Waals surface area contributed by atoms with Crippen LogP contribution in [0.1, 0.15) is 0 Å². The Labute approximate surface area is 48.3 Å². The minimum Gasteiger partial charge on any atom is -0.464 e. The molecule has 3 heteroatoms. The Morgan fingerprint density at radius 3 is 2.38 bits per heavy atom. The summed E-state index contributed by atoms with van der Waals surface area (Å²) in [5.74, 6) is -0.424. The molecule has 0 aromatic heterocycles. The Kier molecular flexibility index (Phi) is 2.69. The first-order valence-corrected chi connectivity index (χ1v) is 2.17. The Morgan fingerprint density at radius 1 is 1.75 bits per heavy atom. The van der Waals surface area contributed by atoms with E-state index in [2.05, 4.69) is 16.6 Å². The first-order valence-electron chi connectivity index (χ1n) is 2.17. The number of hydrogen-bond acceptors (Lipinski definition) is 3. The van der Waals surface area contributed by atoms with Crippen LogP contribution in [0, 0.1) is 0 Å². The average Bonchev–Trinajstić information content (AvgIpc) is 1.84.